The van der Waals surface area contributed by atoms with Gasteiger partial charge in [-0.3, -0.25) is 0 Å². The van der Waals surface area contributed by atoms with Crippen LogP contribution in [0.4, 0.5) is 0 Å². The third-order valence-electron chi connectivity index (χ3n) is 1.98. The number of nitrogens with zero attached hydrogens (tertiary/aromatic N) is 3. The van der Waals surface area contributed by atoms with Gasteiger partial charge < -0.3 is 4.42 Å². The number of hydrogen-bond acceptors (Lipinski definition) is 4. The Hall–Kier alpha value is -1.62. The van der Waals surface area contributed by atoms with Crippen molar-refractivity contribution in [2.75, 3.05) is 0 Å². The summed E-state index contributed by atoms with van der Waals surface area (Å²) in [4.78, 5) is 5.26. The van der Waals surface area contributed by atoms with Crippen molar-refractivity contribution in [3.05, 3.63) is 29.6 Å². The highest BCUT2D eigenvalue weighted by molar-refractivity contribution is 7.14. The van der Waals surface area contributed by atoms with E-state index in [9.17, 15) is 0 Å². The Morgan fingerprint density at radius 2 is 2.36 bits per heavy atom. The quantitative estimate of drug-likeness (QED) is 0.612. The maximum atomic E-state index is 5.47. The van der Waals surface area contributed by atoms with Gasteiger partial charge in [0.25, 0.3) is 0 Å². The molecule has 3 rings (SSSR count). The molecule has 14 heavy (non-hydrogen) atoms. The van der Waals surface area contributed by atoms with E-state index in [-0.39, 0.29) is 0 Å². The van der Waals surface area contributed by atoms with Crippen LogP contribution < -0.4 is 0 Å². The summed E-state index contributed by atoms with van der Waals surface area (Å²) < 4.78 is 7.22. The van der Waals surface area contributed by atoms with Crippen LogP contribution in [0.2, 0.25) is 0 Å². The Morgan fingerprint density at radius 3 is 3.07 bits per heavy atom. The molecule has 5 heteroatoms. The second kappa shape index (κ2) is 2.68. The van der Waals surface area contributed by atoms with Crippen molar-refractivity contribution in [2.45, 2.75) is 6.92 Å². The molecule has 0 unspecified atom stereocenters. The largest absolute Gasteiger partial charge is 0.460 e. The van der Waals surface area contributed by atoms with Gasteiger partial charge in [0.05, 0.1) is 6.20 Å². The normalized spacial score (nSPS) is 11.2. The lowest BCUT2D eigenvalue weighted by atomic mass is 10.3. The molecule has 0 aliphatic rings. The fourth-order valence-electron chi connectivity index (χ4n) is 1.33. The number of aromatic nitrogens is 3. The van der Waals surface area contributed by atoms with Crippen LogP contribution in [0.25, 0.3) is 16.4 Å². The predicted octanol–water partition coefficient (Wildman–Crippen LogP) is 2.36. The van der Waals surface area contributed by atoms with Crippen molar-refractivity contribution in [3.8, 4) is 11.5 Å². The Labute approximate surface area is 83.8 Å². The first-order chi connectivity index (χ1) is 6.83. The van der Waals surface area contributed by atoms with Crippen molar-refractivity contribution in [1.82, 2.24) is 14.6 Å². The van der Waals surface area contributed by atoms with E-state index in [0.717, 1.165) is 22.2 Å². The van der Waals surface area contributed by atoms with E-state index in [1.54, 1.807) is 10.0 Å². The van der Waals surface area contributed by atoms with Gasteiger partial charge in [0.15, 0.2) is 5.76 Å². The molecule has 0 aromatic carbocycles. The van der Waals surface area contributed by atoms with Crippen molar-refractivity contribution >= 4 is 16.3 Å². The van der Waals surface area contributed by atoms with E-state index < -0.39 is 0 Å². The lowest BCUT2D eigenvalue weighted by Gasteiger charge is -1.86. The molecule has 0 spiro atoms. The summed E-state index contributed by atoms with van der Waals surface area (Å²) in [6, 6.07) is 3.85. The summed E-state index contributed by atoms with van der Waals surface area (Å²) in [5.74, 6) is 1.68. The average Bonchev–Trinajstić information content (AvgIpc) is 2.75. The van der Waals surface area contributed by atoms with Crippen molar-refractivity contribution < 1.29 is 4.42 Å². The lowest BCUT2D eigenvalue weighted by molar-refractivity contribution is 0.547. The number of fused-ring (bicyclic) bond motifs is 1. The molecule has 3 aromatic rings. The number of imidazole rings is 1. The minimum absolute atomic E-state index is 0.792. The van der Waals surface area contributed by atoms with Crippen LogP contribution in [0, 0.1) is 6.92 Å². The highest BCUT2D eigenvalue weighted by Gasteiger charge is 2.08. The molecule has 0 N–H and O–H groups in total. The molecule has 3 heterocycles. The monoisotopic (exact) mass is 205 g/mol. The van der Waals surface area contributed by atoms with Crippen LogP contribution in [0.3, 0.4) is 0 Å². The highest BCUT2D eigenvalue weighted by Crippen LogP contribution is 2.22. The predicted molar refractivity (Wildman–Crippen MR) is 53.3 cm³/mol. The smallest absolute Gasteiger partial charge is 0.212 e. The average molecular weight is 205 g/mol. The van der Waals surface area contributed by atoms with Crippen molar-refractivity contribution in [2.24, 2.45) is 0 Å². The molecule has 0 saturated heterocycles. The molecular formula is C9H7N3OS. The molecule has 0 radical (unpaired) electrons. The van der Waals surface area contributed by atoms with Gasteiger partial charge in [-0.15, -0.1) is 0 Å². The molecule has 0 bridgehead atoms. The van der Waals surface area contributed by atoms with Crippen LogP contribution >= 0.6 is 11.3 Å². The second-order valence-corrected chi connectivity index (χ2v) is 3.81. The zero-order valence-electron chi connectivity index (χ0n) is 7.47. The molecule has 4 nitrogen and oxygen atoms in total. The number of aryl methyl sites for hydroxylation is 1. The summed E-state index contributed by atoms with van der Waals surface area (Å²) in [7, 11) is 0. The standard InChI is InChI=1S/C9H7N3OS/c1-6-2-3-8(13-6)7-4-12-9(11-7)14-5-10-12/h2-5H,1H3. The van der Waals surface area contributed by atoms with Gasteiger partial charge in [0.2, 0.25) is 4.96 Å². The van der Waals surface area contributed by atoms with Gasteiger partial charge in [-0.25, -0.2) is 9.50 Å². The van der Waals surface area contributed by atoms with E-state index in [0.29, 0.717) is 0 Å². The van der Waals surface area contributed by atoms with Gasteiger partial charge in [-0.2, -0.15) is 5.10 Å². The summed E-state index contributed by atoms with van der Waals surface area (Å²) in [5, 5.41) is 4.10. The van der Waals surface area contributed by atoms with E-state index in [1.807, 2.05) is 25.3 Å². The molecule has 0 atom stereocenters. The molecular weight excluding hydrogens is 198 g/mol. The summed E-state index contributed by atoms with van der Waals surface area (Å²) in [5.41, 5.74) is 2.59. The van der Waals surface area contributed by atoms with Crippen LogP contribution in [0.5, 0.6) is 0 Å². The van der Waals surface area contributed by atoms with Crippen LogP contribution in [0.15, 0.2) is 28.3 Å². The molecule has 0 aliphatic carbocycles. The van der Waals surface area contributed by atoms with Gasteiger partial charge >= 0.3 is 0 Å². The third-order valence-corrected chi connectivity index (χ3v) is 2.67. The molecule has 0 aliphatic heterocycles. The van der Waals surface area contributed by atoms with Crippen LogP contribution in [-0.4, -0.2) is 14.6 Å². The van der Waals surface area contributed by atoms with Gasteiger partial charge in [0, 0.05) is 0 Å². The second-order valence-electron chi connectivity index (χ2n) is 3.00. The summed E-state index contributed by atoms with van der Waals surface area (Å²) in [6.07, 6.45) is 1.87. The minimum Gasteiger partial charge on any atom is -0.460 e. The molecule has 3 aromatic heterocycles. The SMILES string of the molecule is Cc1ccc(-c2cn3ncsc3n2)o1. The van der Waals surface area contributed by atoms with Gasteiger partial charge in [-0.1, -0.05) is 11.3 Å². The molecule has 70 valence electrons. The lowest BCUT2D eigenvalue weighted by Crippen LogP contribution is -1.76. The fraction of sp³-hybridized carbons (Fsp3) is 0.111. The van der Waals surface area contributed by atoms with Crippen molar-refractivity contribution in [3.63, 3.8) is 0 Å². The maximum absolute atomic E-state index is 5.47. The van der Waals surface area contributed by atoms with E-state index >= 15 is 0 Å². The highest BCUT2D eigenvalue weighted by atomic mass is 32.1. The number of rotatable bonds is 1. The third kappa shape index (κ3) is 1.06. The molecule has 0 fully saturated rings. The summed E-state index contributed by atoms with van der Waals surface area (Å²) in [6.45, 7) is 1.92. The first-order valence-corrected chi connectivity index (χ1v) is 5.06. The Balaban J connectivity index is 2.18. The maximum Gasteiger partial charge on any atom is 0.212 e. The topological polar surface area (TPSA) is 43.3 Å². The summed E-state index contributed by atoms with van der Waals surface area (Å²) >= 11 is 1.51. The molecule has 0 amide bonds. The first kappa shape index (κ1) is 7.75. The first-order valence-electron chi connectivity index (χ1n) is 4.18. The zero-order chi connectivity index (χ0) is 9.54. The van der Waals surface area contributed by atoms with E-state index in [1.165, 1.54) is 11.3 Å². The van der Waals surface area contributed by atoms with E-state index in [4.69, 9.17) is 4.42 Å². The Morgan fingerprint density at radius 1 is 1.43 bits per heavy atom. The minimum atomic E-state index is 0.792. The van der Waals surface area contributed by atoms with Crippen molar-refractivity contribution in [1.29, 1.82) is 0 Å². The Kier molecular flexibility index (Phi) is 1.49. The van der Waals surface area contributed by atoms with E-state index in [2.05, 4.69) is 10.1 Å². The van der Waals surface area contributed by atoms with Gasteiger partial charge in [0.1, 0.15) is 17.0 Å². The van der Waals surface area contributed by atoms with Gasteiger partial charge in [-0.05, 0) is 19.1 Å². The van der Waals surface area contributed by atoms with Crippen LogP contribution in [-0.2, 0) is 0 Å². The fourth-order valence-corrected chi connectivity index (χ4v) is 1.93. The zero-order valence-corrected chi connectivity index (χ0v) is 8.28. The Bertz CT molecular complexity index is 549. The number of hydrogen-bond donors (Lipinski definition) is 0. The van der Waals surface area contributed by atoms with Crippen LogP contribution in [0.1, 0.15) is 5.76 Å². The number of furan rings is 1. The molecule has 0 saturated carbocycles.